The van der Waals surface area contributed by atoms with E-state index in [1.54, 1.807) is 0 Å². The Kier molecular flexibility index (Phi) is 5.10. The molecule has 0 bridgehead atoms. The molecule has 0 rings (SSSR count). The van der Waals surface area contributed by atoms with Gasteiger partial charge in [0.05, 0.1) is 0 Å². The van der Waals surface area contributed by atoms with Crippen molar-refractivity contribution < 1.29 is 14.7 Å². The highest BCUT2D eigenvalue weighted by Gasteiger charge is 1.99. The summed E-state index contributed by atoms with van der Waals surface area (Å²) >= 11 is 0. The predicted octanol–water partition coefficient (Wildman–Crippen LogP) is -0.379. The maximum atomic E-state index is 10.5. The summed E-state index contributed by atoms with van der Waals surface area (Å²) in [6, 6.07) is 0. The summed E-state index contributed by atoms with van der Waals surface area (Å²) in [5.74, 6) is 3.71. The zero-order valence-electron chi connectivity index (χ0n) is 6.17. The van der Waals surface area contributed by atoms with Gasteiger partial charge in [0.1, 0.15) is 0 Å². The third-order valence-electron chi connectivity index (χ3n) is 1.21. The Balaban J connectivity index is 3.14. The molecule has 0 aromatic rings. The Morgan fingerprint density at radius 3 is 2.27 bits per heavy atom. The molecule has 0 saturated carbocycles. The Bertz CT molecular complexity index is 147. The predicted molar refractivity (Wildman–Crippen MR) is 38.4 cm³/mol. The van der Waals surface area contributed by atoms with Crippen molar-refractivity contribution in [2.24, 2.45) is 5.84 Å². The number of aliphatic carboxylic acids is 1. The molecule has 0 radical (unpaired) electrons. The lowest BCUT2D eigenvalue weighted by Crippen LogP contribution is -2.29. The first-order valence-corrected chi connectivity index (χ1v) is 3.38. The first kappa shape index (κ1) is 9.90. The Morgan fingerprint density at radius 1 is 1.27 bits per heavy atom. The average molecular weight is 160 g/mol. The van der Waals surface area contributed by atoms with E-state index in [2.05, 4.69) is 0 Å². The topological polar surface area (TPSA) is 92.4 Å². The van der Waals surface area contributed by atoms with Gasteiger partial charge in [0.25, 0.3) is 0 Å². The van der Waals surface area contributed by atoms with Crippen LogP contribution in [-0.4, -0.2) is 17.0 Å². The lowest BCUT2D eigenvalue weighted by atomic mass is 10.2. The van der Waals surface area contributed by atoms with Crippen molar-refractivity contribution in [3.8, 4) is 0 Å². The molecule has 0 fully saturated rings. The smallest absolute Gasteiger partial charge is 0.303 e. The molecule has 0 atom stereocenters. The zero-order valence-corrected chi connectivity index (χ0v) is 6.17. The number of carbonyl (C=O) groups is 2. The van der Waals surface area contributed by atoms with E-state index < -0.39 is 5.97 Å². The number of hydrogen-bond acceptors (Lipinski definition) is 3. The molecule has 0 heterocycles. The standard InChI is InChI=1S/C6H12N2O3/c7-8-5(9)3-1-2-4-6(10)11/h1-4,7H2,(H,8,9)(H,10,11). The number of hydrazine groups is 1. The van der Waals surface area contributed by atoms with Gasteiger partial charge in [0, 0.05) is 12.8 Å². The van der Waals surface area contributed by atoms with Gasteiger partial charge in [0.15, 0.2) is 0 Å². The molecule has 0 aliphatic rings. The van der Waals surface area contributed by atoms with E-state index in [0.29, 0.717) is 19.3 Å². The van der Waals surface area contributed by atoms with Crippen LogP contribution >= 0.6 is 0 Å². The normalized spacial score (nSPS) is 9.18. The lowest BCUT2D eigenvalue weighted by Gasteiger charge is -1.96. The van der Waals surface area contributed by atoms with Crippen LogP contribution in [0.15, 0.2) is 0 Å². The molecule has 0 saturated heterocycles. The second kappa shape index (κ2) is 5.67. The van der Waals surface area contributed by atoms with Gasteiger partial charge in [-0.2, -0.15) is 0 Å². The molecule has 5 nitrogen and oxygen atoms in total. The van der Waals surface area contributed by atoms with Gasteiger partial charge in [-0.3, -0.25) is 15.0 Å². The highest BCUT2D eigenvalue weighted by atomic mass is 16.4. The first-order valence-electron chi connectivity index (χ1n) is 3.38. The van der Waals surface area contributed by atoms with Crippen LogP contribution in [0.1, 0.15) is 25.7 Å². The molecular formula is C6H12N2O3. The summed E-state index contributed by atoms with van der Waals surface area (Å²) < 4.78 is 0. The first-order chi connectivity index (χ1) is 5.16. The molecule has 0 aromatic carbocycles. The molecule has 0 spiro atoms. The Hall–Kier alpha value is -1.10. The van der Waals surface area contributed by atoms with E-state index in [4.69, 9.17) is 10.9 Å². The Morgan fingerprint density at radius 2 is 1.82 bits per heavy atom. The van der Waals surface area contributed by atoms with Crippen LogP contribution < -0.4 is 11.3 Å². The number of hydrogen-bond donors (Lipinski definition) is 3. The molecule has 0 aromatic heterocycles. The maximum absolute atomic E-state index is 10.5. The van der Waals surface area contributed by atoms with Crippen molar-refractivity contribution in [1.29, 1.82) is 0 Å². The molecule has 1 amide bonds. The molecule has 64 valence electrons. The minimum Gasteiger partial charge on any atom is -0.481 e. The highest BCUT2D eigenvalue weighted by molar-refractivity contribution is 5.75. The molecule has 11 heavy (non-hydrogen) atoms. The number of carboxylic acid groups (broad SMARTS) is 1. The number of amides is 1. The van der Waals surface area contributed by atoms with Crippen molar-refractivity contribution in [2.75, 3.05) is 0 Å². The van der Waals surface area contributed by atoms with Crippen LogP contribution in [0, 0.1) is 0 Å². The number of unbranched alkanes of at least 4 members (excludes halogenated alkanes) is 1. The monoisotopic (exact) mass is 160 g/mol. The lowest BCUT2D eigenvalue weighted by molar-refractivity contribution is -0.137. The van der Waals surface area contributed by atoms with Gasteiger partial charge in [-0.05, 0) is 12.8 Å². The fourth-order valence-corrected chi connectivity index (χ4v) is 0.634. The van der Waals surface area contributed by atoms with Crippen molar-refractivity contribution >= 4 is 11.9 Å². The highest BCUT2D eigenvalue weighted by Crippen LogP contribution is 1.98. The average Bonchev–Trinajstić information content (AvgIpc) is 1.97. The van der Waals surface area contributed by atoms with Crippen molar-refractivity contribution in [2.45, 2.75) is 25.7 Å². The quantitative estimate of drug-likeness (QED) is 0.221. The van der Waals surface area contributed by atoms with Crippen molar-refractivity contribution in [3.63, 3.8) is 0 Å². The summed E-state index contributed by atoms with van der Waals surface area (Å²) in [6.45, 7) is 0. The van der Waals surface area contributed by atoms with E-state index in [-0.39, 0.29) is 12.3 Å². The van der Waals surface area contributed by atoms with Crippen molar-refractivity contribution in [1.82, 2.24) is 5.43 Å². The number of rotatable bonds is 5. The van der Waals surface area contributed by atoms with Gasteiger partial charge in [-0.15, -0.1) is 0 Å². The van der Waals surface area contributed by atoms with Crippen LogP contribution in [0.5, 0.6) is 0 Å². The largest absolute Gasteiger partial charge is 0.481 e. The molecular weight excluding hydrogens is 148 g/mol. The van der Waals surface area contributed by atoms with Gasteiger partial charge in [-0.25, -0.2) is 5.84 Å². The second-order valence-corrected chi connectivity index (χ2v) is 2.17. The van der Waals surface area contributed by atoms with Crippen LogP contribution in [-0.2, 0) is 9.59 Å². The van der Waals surface area contributed by atoms with Crippen LogP contribution in [0.25, 0.3) is 0 Å². The summed E-state index contributed by atoms with van der Waals surface area (Å²) in [6.07, 6.45) is 1.49. The third kappa shape index (κ3) is 6.79. The minimum atomic E-state index is -0.835. The SMILES string of the molecule is NNC(=O)CCCCC(=O)O. The van der Waals surface area contributed by atoms with Gasteiger partial charge in [-0.1, -0.05) is 0 Å². The molecule has 0 unspecified atom stereocenters. The van der Waals surface area contributed by atoms with E-state index in [9.17, 15) is 9.59 Å². The molecule has 0 aliphatic heterocycles. The van der Waals surface area contributed by atoms with E-state index in [0.717, 1.165) is 0 Å². The summed E-state index contributed by atoms with van der Waals surface area (Å²) in [7, 11) is 0. The summed E-state index contributed by atoms with van der Waals surface area (Å²) in [5.41, 5.74) is 1.97. The molecule has 5 heteroatoms. The summed E-state index contributed by atoms with van der Waals surface area (Å²) in [5, 5.41) is 8.21. The van der Waals surface area contributed by atoms with Crippen molar-refractivity contribution in [3.05, 3.63) is 0 Å². The molecule has 4 N–H and O–H groups in total. The van der Waals surface area contributed by atoms with Gasteiger partial charge < -0.3 is 5.11 Å². The maximum Gasteiger partial charge on any atom is 0.303 e. The van der Waals surface area contributed by atoms with Gasteiger partial charge in [0.2, 0.25) is 5.91 Å². The van der Waals surface area contributed by atoms with E-state index in [1.165, 1.54) is 0 Å². The van der Waals surface area contributed by atoms with Crippen LogP contribution in [0.2, 0.25) is 0 Å². The zero-order chi connectivity index (χ0) is 8.69. The number of nitrogens with two attached hydrogens (primary N) is 1. The number of nitrogens with one attached hydrogen (secondary N) is 1. The number of carbonyl (C=O) groups excluding carboxylic acids is 1. The second-order valence-electron chi connectivity index (χ2n) is 2.17. The van der Waals surface area contributed by atoms with E-state index >= 15 is 0 Å². The van der Waals surface area contributed by atoms with Gasteiger partial charge >= 0.3 is 5.97 Å². The third-order valence-corrected chi connectivity index (χ3v) is 1.21. The van der Waals surface area contributed by atoms with Crippen LogP contribution in [0.3, 0.4) is 0 Å². The molecule has 0 aliphatic carbocycles. The van der Waals surface area contributed by atoms with Crippen LogP contribution in [0.4, 0.5) is 0 Å². The Labute approximate surface area is 64.5 Å². The summed E-state index contributed by atoms with van der Waals surface area (Å²) in [4.78, 5) is 20.5. The number of carboxylic acids is 1. The minimum absolute atomic E-state index is 0.109. The van der Waals surface area contributed by atoms with E-state index in [1.807, 2.05) is 5.43 Å². The fraction of sp³-hybridized carbons (Fsp3) is 0.667. The fourth-order valence-electron chi connectivity index (χ4n) is 0.634.